The van der Waals surface area contributed by atoms with E-state index in [1.54, 1.807) is 0 Å². The van der Waals surface area contributed by atoms with Crippen LogP contribution in [0.3, 0.4) is 0 Å². The molecule has 6 aromatic carbocycles. The fraction of sp³-hybridized carbons (Fsp3) is 0.250. The first kappa shape index (κ1) is 41.9. The van der Waals surface area contributed by atoms with Crippen LogP contribution in [0.15, 0.2) is 84.9 Å². The number of benzene rings is 6. The Morgan fingerprint density at radius 3 is 0.685 bits per heavy atom. The SMILES string of the molecule is Cc1cc(C)c(-c2cccc(-c3c(C)cc(C)cc3C)[c]2[Sn]2[O][Sn]([c]3c(-c4c(C)cc(C)cc4C)cccc3-c3c(C)cc(C)cc3C)[O]2)c(C)c1.O.O. The van der Waals surface area contributed by atoms with Gasteiger partial charge in [0.05, 0.1) is 0 Å². The van der Waals surface area contributed by atoms with Gasteiger partial charge >= 0.3 is 330 Å². The predicted octanol–water partition coefficient (Wildman–Crippen LogP) is 9.54. The Labute approximate surface area is 338 Å². The second kappa shape index (κ2) is 16.5. The average Bonchev–Trinajstić information content (AvgIpc) is 3.00. The summed E-state index contributed by atoms with van der Waals surface area (Å²) in [4.78, 5) is 0. The van der Waals surface area contributed by atoms with Gasteiger partial charge in [-0.15, -0.1) is 0 Å². The summed E-state index contributed by atoms with van der Waals surface area (Å²) >= 11 is -6.19. The topological polar surface area (TPSA) is 81.5 Å². The van der Waals surface area contributed by atoms with Gasteiger partial charge in [0.1, 0.15) is 0 Å². The number of aryl methyl sites for hydroxylation is 12. The molecule has 6 aromatic rings. The third-order valence-electron chi connectivity index (χ3n) is 10.7. The van der Waals surface area contributed by atoms with Crippen LogP contribution in [-0.4, -0.2) is 52.1 Å². The molecule has 4 N–H and O–H groups in total. The maximum atomic E-state index is 7.54. The van der Waals surface area contributed by atoms with E-state index < -0.39 is 41.2 Å². The summed E-state index contributed by atoms with van der Waals surface area (Å²) in [6, 6.07) is 32.3. The molecule has 0 spiro atoms. The molecule has 278 valence electrons. The predicted molar refractivity (Wildman–Crippen MR) is 232 cm³/mol. The maximum absolute atomic E-state index is 7.54. The number of hydrogen-bond acceptors (Lipinski definition) is 2. The Morgan fingerprint density at radius 1 is 0.315 bits per heavy atom. The van der Waals surface area contributed by atoms with Gasteiger partial charge in [0.2, 0.25) is 0 Å². The van der Waals surface area contributed by atoms with E-state index in [0.717, 1.165) is 0 Å². The summed E-state index contributed by atoms with van der Waals surface area (Å²) in [6.07, 6.45) is 0. The molecule has 6 heteroatoms. The van der Waals surface area contributed by atoms with Crippen molar-refractivity contribution in [2.45, 2.75) is 83.1 Å². The van der Waals surface area contributed by atoms with Crippen molar-refractivity contribution in [2.24, 2.45) is 0 Å². The summed E-state index contributed by atoms with van der Waals surface area (Å²) in [6.45, 7) is 26.8. The van der Waals surface area contributed by atoms with Crippen LogP contribution >= 0.6 is 0 Å². The zero-order valence-electron chi connectivity index (χ0n) is 33.9. The van der Waals surface area contributed by atoms with Crippen molar-refractivity contribution in [2.75, 3.05) is 0 Å². The second-order valence-electron chi connectivity index (χ2n) is 15.3. The first-order valence-electron chi connectivity index (χ1n) is 18.4. The van der Waals surface area contributed by atoms with E-state index in [1.807, 2.05) is 0 Å². The molecule has 7 rings (SSSR count). The molecule has 0 atom stereocenters. The van der Waals surface area contributed by atoms with E-state index >= 15 is 0 Å². The second-order valence-corrected chi connectivity index (χ2v) is 30.4. The fourth-order valence-corrected chi connectivity index (χ4v) is 30.8. The van der Waals surface area contributed by atoms with E-state index in [2.05, 4.69) is 168 Å². The smallest absolute Gasteiger partial charge is 0.412 e. The average molecular weight is 932 g/mol. The van der Waals surface area contributed by atoms with Gasteiger partial charge in [-0.2, -0.15) is 0 Å². The largest absolute Gasteiger partial charge is 0.412 e. The van der Waals surface area contributed by atoms with E-state index in [9.17, 15) is 0 Å². The van der Waals surface area contributed by atoms with Crippen molar-refractivity contribution < 1.29 is 13.8 Å². The van der Waals surface area contributed by atoms with Crippen molar-refractivity contribution >= 4 is 48.3 Å². The first-order chi connectivity index (χ1) is 24.7. The monoisotopic (exact) mass is 934 g/mol. The number of hydrogen-bond donors (Lipinski definition) is 0. The molecular formula is C48H54O4Sn2. The Bertz CT molecular complexity index is 1990. The Morgan fingerprint density at radius 2 is 0.500 bits per heavy atom. The molecule has 0 aliphatic carbocycles. The minimum Gasteiger partial charge on any atom is -0.412 e. The van der Waals surface area contributed by atoms with Gasteiger partial charge < -0.3 is 11.0 Å². The summed E-state index contributed by atoms with van der Waals surface area (Å²) in [5, 5.41) is 0. The zero-order chi connectivity index (χ0) is 37.2. The zero-order valence-corrected chi connectivity index (χ0v) is 39.6. The Hall–Kier alpha value is -3.24. The van der Waals surface area contributed by atoms with Crippen LogP contribution in [0.25, 0.3) is 44.5 Å². The van der Waals surface area contributed by atoms with Crippen molar-refractivity contribution in [3.8, 4) is 44.5 Å². The quantitative estimate of drug-likeness (QED) is 0.156. The Balaban J connectivity index is 0.00000280. The minimum atomic E-state index is -3.09. The third kappa shape index (κ3) is 7.63. The fourth-order valence-electron chi connectivity index (χ4n) is 9.18. The molecule has 1 aliphatic heterocycles. The first-order valence-corrected chi connectivity index (χ1v) is 25.9. The van der Waals surface area contributed by atoms with Crippen LogP contribution in [-0.2, 0) is 2.82 Å². The van der Waals surface area contributed by atoms with Crippen LogP contribution in [0.4, 0.5) is 0 Å². The van der Waals surface area contributed by atoms with Crippen LogP contribution in [0, 0.1) is 83.1 Å². The molecule has 0 bridgehead atoms. The van der Waals surface area contributed by atoms with Gasteiger partial charge in [0, 0.05) is 0 Å². The molecule has 0 saturated carbocycles. The van der Waals surface area contributed by atoms with Gasteiger partial charge in [0.25, 0.3) is 0 Å². The molecular weight excluding hydrogens is 878 g/mol. The van der Waals surface area contributed by atoms with Gasteiger partial charge in [-0.25, -0.2) is 0 Å². The molecule has 1 aliphatic rings. The normalized spacial score (nSPS) is 13.0. The maximum Gasteiger partial charge on any atom is -0.412 e. The van der Waals surface area contributed by atoms with E-state index in [1.165, 1.54) is 118 Å². The van der Waals surface area contributed by atoms with Crippen LogP contribution in [0.5, 0.6) is 0 Å². The molecule has 4 nitrogen and oxygen atoms in total. The molecule has 1 fully saturated rings. The Kier molecular flexibility index (Phi) is 12.8. The van der Waals surface area contributed by atoms with Gasteiger partial charge in [-0.3, -0.25) is 0 Å². The molecule has 2 radical (unpaired) electrons. The molecule has 1 saturated heterocycles. The van der Waals surface area contributed by atoms with E-state index in [4.69, 9.17) is 2.82 Å². The molecule has 1 heterocycles. The standard InChI is InChI=1S/2C24H25.2H2O.2O.2Sn/c2*1-15-10-17(3)23(18(4)11-15)21-8-7-9-22(14-21)24-19(5)12-16(2)13-20(24)6;;;;;;/h2*7-13H,1-6H3;2*1H2;;;;. The number of rotatable bonds is 6. The van der Waals surface area contributed by atoms with Crippen LogP contribution in [0.2, 0.25) is 0 Å². The van der Waals surface area contributed by atoms with Crippen molar-refractivity contribution in [3.63, 3.8) is 0 Å². The van der Waals surface area contributed by atoms with Crippen LogP contribution in [0.1, 0.15) is 66.8 Å². The third-order valence-corrected chi connectivity index (χ3v) is 32.4. The molecule has 54 heavy (non-hydrogen) atoms. The van der Waals surface area contributed by atoms with Gasteiger partial charge in [-0.1, -0.05) is 0 Å². The summed E-state index contributed by atoms with van der Waals surface area (Å²) in [5.74, 6) is 0. The van der Waals surface area contributed by atoms with E-state index in [-0.39, 0.29) is 11.0 Å². The van der Waals surface area contributed by atoms with Gasteiger partial charge in [-0.05, 0) is 0 Å². The molecule has 0 amide bonds. The molecule has 0 aromatic heterocycles. The van der Waals surface area contributed by atoms with Crippen molar-refractivity contribution in [1.29, 1.82) is 0 Å². The minimum absolute atomic E-state index is 0. The van der Waals surface area contributed by atoms with Crippen LogP contribution < -0.4 is 7.16 Å². The summed E-state index contributed by atoms with van der Waals surface area (Å²) in [7, 11) is 0. The summed E-state index contributed by atoms with van der Waals surface area (Å²) in [5.41, 5.74) is 26.0. The summed E-state index contributed by atoms with van der Waals surface area (Å²) < 4.78 is 17.8. The van der Waals surface area contributed by atoms with Crippen molar-refractivity contribution in [1.82, 2.24) is 0 Å². The van der Waals surface area contributed by atoms with E-state index in [0.29, 0.717) is 0 Å². The van der Waals surface area contributed by atoms with Gasteiger partial charge in [0.15, 0.2) is 0 Å². The molecule has 0 unspecified atom stereocenters. The van der Waals surface area contributed by atoms with Crippen molar-refractivity contribution in [3.05, 3.63) is 152 Å².